The van der Waals surface area contributed by atoms with Gasteiger partial charge in [0.2, 0.25) is 5.91 Å². The zero-order chi connectivity index (χ0) is 16.2. The van der Waals surface area contributed by atoms with E-state index in [1.54, 1.807) is 0 Å². The van der Waals surface area contributed by atoms with E-state index in [0.717, 1.165) is 25.1 Å². The van der Waals surface area contributed by atoms with Crippen LogP contribution in [0.15, 0.2) is 35.5 Å². The van der Waals surface area contributed by atoms with Crippen LogP contribution in [-0.4, -0.2) is 28.2 Å². The second-order valence-corrected chi connectivity index (χ2v) is 6.44. The number of fused-ring (bicyclic) bond motifs is 1. The topological polar surface area (TPSA) is 98.1 Å². The second kappa shape index (κ2) is 6.87. The number of amides is 1. The number of aryl methyl sites for hydroxylation is 1. The molecule has 7 heteroatoms. The van der Waals surface area contributed by atoms with Crippen LogP contribution in [0.25, 0.3) is 0 Å². The number of thioether (sulfide) groups is 1. The molecule has 120 valence electrons. The van der Waals surface area contributed by atoms with E-state index < -0.39 is 0 Å². The van der Waals surface area contributed by atoms with Gasteiger partial charge in [0.15, 0.2) is 5.16 Å². The fourth-order valence-corrected chi connectivity index (χ4v) is 3.48. The van der Waals surface area contributed by atoms with Crippen molar-refractivity contribution in [2.24, 2.45) is 0 Å². The van der Waals surface area contributed by atoms with Crippen molar-refractivity contribution in [3.8, 4) is 0 Å². The summed E-state index contributed by atoms with van der Waals surface area (Å²) in [6.07, 6.45) is 2.47. The first kappa shape index (κ1) is 15.6. The molecule has 1 aliphatic heterocycles. The molecular weight excluding hydrogens is 310 g/mol. The van der Waals surface area contributed by atoms with Crippen molar-refractivity contribution in [1.82, 2.24) is 9.97 Å². The molecule has 0 saturated carbocycles. The lowest BCUT2D eigenvalue weighted by Gasteiger charge is -2.29. The van der Waals surface area contributed by atoms with Crippen LogP contribution >= 0.6 is 11.8 Å². The minimum atomic E-state index is 0.126. The van der Waals surface area contributed by atoms with Gasteiger partial charge >= 0.3 is 0 Å². The number of para-hydroxylation sites is 1. The third-order valence-electron chi connectivity index (χ3n) is 3.70. The summed E-state index contributed by atoms with van der Waals surface area (Å²) in [4.78, 5) is 22.6. The number of carbonyl (C=O) groups is 1. The van der Waals surface area contributed by atoms with Crippen molar-refractivity contribution in [2.75, 3.05) is 28.7 Å². The van der Waals surface area contributed by atoms with Gasteiger partial charge in [-0.25, -0.2) is 9.97 Å². The first-order valence-corrected chi connectivity index (χ1v) is 8.53. The minimum Gasteiger partial charge on any atom is -0.383 e. The highest BCUT2D eigenvalue weighted by Crippen LogP contribution is 2.27. The Balaban J connectivity index is 1.60. The zero-order valence-corrected chi connectivity index (χ0v) is 13.6. The lowest BCUT2D eigenvalue weighted by Crippen LogP contribution is -2.35. The molecule has 0 radical (unpaired) electrons. The van der Waals surface area contributed by atoms with Crippen molar-refractivity contribution < 1.29 is 4.79 Å². The smallest absolute Gasteiger partial charge is 0.227 e. The van der Waals surface area contributed by atoms with Crippen LogP contribution in [0.3, 0.4) is 0 Å². The molecule has 1 amide bonds. The van der Waals surface area contributed by atoms with Crippen LogP contribution in [0.1, 0.15) is 18.4 Å². The molecule has 0 spiro atoms. The third kappa shape index (κ3) is 3.73. The van der Waals surface area contributed by atoms with Gasteiger partial charge in [0.25, 0.3) is 0 Å². The summed E-state index contributed by atoms with van der Waals surface area (Å²) >= 11 is 1.39. The van der Waals surface area contributed by atoms with E-state index in [1.165, 1.54) is 23.4 Å². The summed E-state index contributed by atoms with van der Waals surface area (Å²) < 4.78 is 0. The van der Waals surface area contributed by atoms with Gasteiger partial charge in [-0.1, -0.05) is 30.0 Å². The number of nitrogens with zero attached hydrogens (tertiary/aromatic N) is 3. The number of nitrogens with two attached hydrogens (primary N) is 2. The van der Waals surface area contributed by atoms with E-state index in [2.05, 4.69) is 16.0 Å². The summed E-state index contributed by atoms with van der Waals surface area (Å²) in [5, 5.41) is 0.509. The average Bonchev–Trinajstić information content (AvgIpc) is 2.53. The molecule has 2 heterocycles. The average molecular weight is 329 g/mol. The van der Waals surface area contributed by atoms with Gasteiger partial charge in [0.1, 0.15) is 11.6 Å². The predicted octanol–water partition coefficient (Wildman–Crippen LogP) is 2.10. The molecule has 2 aromatic rings. The molecule has 0 saturated heterocycles. The molecule has 1 aromatic heterocycles. The Morgan fingerprint density at radius 2 is 1.96 bits per heavy atom. The predicted molar refractivity (Wildman–Crippen MR) is 93.3 cm³/mol. The number of hydrogen-bond acceptors (Lipinski definition) is 6. The first-order chi connectivity index (χ1) is 11.1. The maximum absolute atomic E-state index is 12.5. The quantitative estimate of drug-likeness (QED) is 0.658. The molecule has 1 aromatic carbocycles. The van der Waals surface area contributed by atoms with E-state index in [0.29, 0.717) is 29.0 Å². The number of benzene rings is 1. The van der Waals surface area contributed by atoms with Crippen LogP contribution in [0.2, 0.25) is 0 Å². The Labute approximate surface area is 139 Å². The van der Waals surface area contributed by atoms with Crippen molar-refractivity contribution in [3.63, 3.8) is 0 Å². The van der Waals surface area contributed by atoms with Crippen molar-refractivity contribution in [1.29, 1.82) is 0 Å². The molecule has 6 nitrogen and oxygen atoms in total. The SMILES string of the molecule is Nc1cc(N)nc(SCCC(=O)N2CCCc3ccccc32)n1. The van der Waals surface area contributed by atoms with Gasteiger partial charge in [-0.05, 0) is 24.5 Å². The van der Waals surface area contributed by atoms with Crippen LogP contribution in [-0.2, 0) is 11.2 Å². The van der Waals surface area contributed by atoms with Crippen molar-refractivity contribution in [3.05, 3.63) is 35.9 Å². The van der Waals surface area contributed by atoms with Gasteiger partial charge < -0.3 is 16.4 Å². The third-order valence-corrected chi connectivity index (χ3v) is 4.55. The Morgan fingerprint density at radius 3 is 2.74 bits per heavy atom. The standard InChI is InChI=1S/C16H19N5OS/c17-13-10-14(18)20-16(19-13)23-9-7-15(22)21-8-3-5-11-4-1-2-6-12(11)21/h1-2,4,6,10H,3,5,7-9H2,(H4,17,18,19,20). The lowest BCUT2D eigenvalue weighted by molar-refractivity contribution is -0.118. The summed E-state index contributed by atoms with van der Waals surface area (Å²) in [6.45, 7) is 0.780. The number of rotatable bonds is 4. The minimum absolute atomic E-state index is 0.126. The first-order valence-electron chi connectivity index (χ1n) is 7.54. The van der Waals surface area contributed by atoms with Crippen LogP contribution in [0, 0.1) is 0 Å². The largest absolute Gasteiger partial charge is 0.383 e. The number of anilines is 3. The Bertz CT molecular complexity index is 701. The molecule has 0 aliphatic carbocycles. The fraction of sp³-hybridized carbons (Fsp3) is 0.312. The van der Waals surface area contributed by atoms with E-state index >= 15 is 0 Å². The highest BCUT2D eigenvalue weighted by Gasteiger charge is 2.21. The maximum Gasteiger partial charge on any atom is 0.227 e. The Hall–Kier alpha value is -2.28. The van der Waals surface area contributed by atoms with Gasteiger partial charge in [-0.2, -0.15) is 0 Å². The van der Waals surface area contributed by atoms with Crippen molar-refractivity contribution in [2.45, 2.75) is 24.4 Å². The molecular formula is C16H19N5OS. The molecule has 23 heavy (non-hydrogen) atoms. The second-order valence-electron chi connectivity index (χ2n) is 5.38. The normalized spacial score (nSPS) is 13.7. The monoisotopic (exact) mass is 329 g/mol. The van der Waals surface area contributed by atoms with Crippen LogP contribution in [0.5, 0.6) is 0 Å². The Kier molecular flexibility index (Phi) is 4.66. The highest BCUT2D eigenvalue weighted by molar-refractivity contribution is 7.99. The van der Waals surface area contributed by atoms with E-state index in [1.807, 2.05) is 23.1 Å². The van der Waals surface area contributed by atoms with Gasteiger partial charge in [-0.15, -0.1) is 0 Å². The summed E-state index contributed by atoms with van der Waals surface area (Å²) in [5.74, 6) is 1.41. The van der Waals surface area contributed by atoms with Gasteiger partial charge in [0, 0.05) is 30.5 Å². The van der Waals surface area contributed by atoms with Gasteiger partial charge in [-0.3, -0.25) is 4.79 Å². The molecule has 0 bridgehead atoms. The molecule has 3 rings (SSSR count). The number of nitrogen functional groups attached to an aromatic ring is 2. The van der Waals surface area contributed by atoms with E-state index in [9.17, 15) is 4.79 Å². The molecule has 0 atom stereocenters. The summed E-state index contributed by atoms with van der Waals surface area (Å²) in [7, 11) is 0. The number of aromatic nitrogens is 2. The fourth-order valence-electron chi connectivity index (χ4n) is 2.68. The lowest BCUT2D eigenvalue weighted by atomic mass is 10.0. The summed E-state index contributed by atoms with van der Waals surface area (Å²) in [5.41, 5.74) is 13.6. The van der Waals surface area contributed by atoms with Crippen LogP contribution in [0.4, 0.5) is 17.3 Å². The number of carbonyl (C=O) groups excluding carboxylic acids is 1. The van der Waals surface area contributed by atoms with E-state index in [-0.39, 0.29) is 5.91 Å². The Morgan fingerprint density at radius 1 is 1.22 bits per heavy atom. The molecule has 1 aliphatic rings. The van der Waals surface area contributed by atoms with E-state index in [4.69, 9.17) is 11.5 Å². The highest BCUT2D eigenvalue weighted by atomic mass is 32.2. The molecule has 0 unspecified atom stereocenters. The maximum atomic E-state index is 12.5. The number of hydrogen-bond donors (Lipinski definition) is 2. The van der Waals surface area contributed by atoms with Crippen LogP contribution < -0.4 is 16.4 Å². The summed E-state index contributed by atoms with van der Waals surface area (Å²) in [6, 6.07) is 9.61. The molecule has 0 fully saturated rings. The van der Waals surface area contributed by atoms with Gasteiger partial charge in [0.05, 0.1) is 0 Å². The van der Waals surface area contributed by atoms with Crippen molar-refractivity contribution >= 4 is 35.0 Å². The molecule has 4 N–H and O–H groups in total. The zero-order valence-electron chi connectivity index (χ0n) is 12.7.